The van der Waals surface area contributed by atoms with Gasteiger partial charge in [0, 0.05) is 18.7 Å². The summed E-state index contributed by atoms with van der Waals surface area (Å²) in [5.74, 6) is 1.65. The van der Waals surface area contributed by atoms with E-state index in [4.69, 9.17) is 4.42 Å². The van der Waals surface area contributed by atoms with Gasteiger partial charge in [0.15, 0.2) is 0 Å². The van der Waals surface area contributed by atoms with E-state index >= 15 is 0 Å². The number of nitrogens with one attached hydrogen (secondary N) is 1. The first kappa shape index (κ1) is 17.9. The van der Waals surface area contributed by atoms with Crippen molar-refractivity contribution in [3.63, 3.8) is 0 Å². The van der Waals surface area contributed by atoms with Gasteiger partial charge in [-0.25, -0.2) is 0 Å². The number of carbonyl (C=O) groups excluding carboxylic acids is 2. The Bertz CT molecular complexity index is 659. The highest BCUT2D eigenvalue weighted by molar-refractivity contribution is 8.01. The van der Waals surface area contributed by atoms with E-state index in [-0.39, 0.29) is 28.8 Å². The minimum Gasteiger partial charge on any atom is -0.468 e. The van der Waals surface area contributed by atoms with Gasteiger partial charge in [0.25, 0.3) is 0 Å². The molecule has 142 valence electrons. The molecule has 3 atom stereocenters. The number of nitrogens with zero attached hydrogens (tertiary/aromatic N) is 2. The Kier molecular flexibility index (Phi) is 5.01. The SMILES string of the molecule is C[C@]12CCC(=O)N1[C@H](C(=O)NC[C@@H](c1ccco1)N1CCCCC1)CS2. The van der Waals surface area contributed by atoms with Crippen molar-refractivity contribution in [2.75, 3.05) is 25.4 Å². The molecule has 0 bridgehead atoms. The monoisotopic (exact) mass is 377 g/mol. The van der Waals surface area contributed by atoms with E-state index in [0.29, 0.717) is 18.7 Å². The Morgan fingerprint density at radius 1 is 1.42 bits per heavy atom. The number of likely N-dealkylation sites (tertiary alicyclic amines) is 1. The molecule has 7 heteroatoms. The summed E-state index contributed by atoms with van der Waals surface area (Å²) in [6.45, 7) is 4.66. The first-order chi connectivity index (χ1) is 12.6. The molecule has 0 unspecified atom stereocenters. The summed E-state index contributed by atoms with van der Waals surface area (Å²) in [4.78, 5) is 29.1. The summed E-state index contributed by atoms with van der Waals surface area (Å²) in [5.41, 5.74) is 0. The zero-order valence-electron chi connectivity index (χ0n) is 15.3. The number of furan rings is 1. The number of carbonyl (C=O) groups is 2. The van der Waals surface area contributed by atoms with Gasteiger partial charge in [-0.05, 0) is 51.4 Å². The third-order valence-corrected chi connectivity index (χ3v) is 7.43. The van der Waals surface area contributed by atoms with Crippen molar-refractivity contribution in [1.29, 1.82) is 0 Å². The Morgan fingerprint density at radius 3 is 2.96 bits per heavy atom. The van der Waals surface area contributed by atoms with Gasteiger partial charge in [0.1, 0.15) is 11.8 Å². The van der Waals surface area contributed by atoms with Gasteiger partial charge in [-0.2, -0.15) is 0 Å². The van der Waals surface area contributed by atoms with E-state index in [1.54, 1.807) is 18.0 Å². The van der Waals surface area contributed by atoms with Crippen molar-refractivity contribution in [3.8, 4) is 0 Å². The Hall–Kier alpha value is -1.47. The van der Waals surface area contributed by atoms with Gasteiger partial charge in [-0.15, -0.1) is 11.8 Å². The second kappa shape index (κ2) is 7.27. The minimum atomic E-state index is -0.349. The zero-order chi connectivity index (χ0) is 18.1. The van der Waals surface area contributed by atoms with Crippen LogP contribution in [0.3, 0.4) is 0 Å². The van der Waals surface area contributed by atoms with Crippen LogP contribution in [-0.2, 0) is 9.59 Å². The van der Waals surface area contributed by atoms with Crippen molar-refractivity contribution in [3.05, 3.63) is 24.2 Å². The highest BCUT2D eigenvalue weighted by Crippen LogP contribution is 2.47. The van der Waals surface area contributed by atoms with Gasteiger partial charge in [0.05, 0.1) is 17.2 Å². The summed E-state index contributed by atoms with van der Waals surface area (Å²) in [6, 6.07) is 3.59. The molecule has 3 aliphatic rings. The lowest BCUT2D eigenvalue weighted by Crippen LogP contribution is -2.51. The van der Waals surface area contributed by atoms with Crippen LogP contribution in [-0.4, -0.2) is 57.9 Å². The van der Waals surface area contributed by atoms with Crippen LogP contribution < -0.4 is 5.32 Å². The van der Waals surface area contributed by atoms with Crippen molar-refractivity contribution >= 4 is 23.6 Å². The number of amides is 2. The maximum atomic E-state index is 12.9. The van der Waals surface area contributed by atoms with Crippen molar-refractivity contribution in [2.45, 2.75) is 56.0 Å². The van der Waals surface area contributed by atoms with Crippen molar-refractivity contribution in [2.24, 2.45) is 0 Å². The fraction of sp³-hybridized carbons (Fsp3) is 0.684. The van der Waals surface area contributed by atoms with Gasteiger partial charge in [0.2, 0.25) is 11.8 Å². The van der Waals surface area contributed by atoms with Crippen LogP contribution in [0.25, 0.3) is 0 Å². The molecular weight excluding hydrogens is 350 g/mol. The summed E-state index contributed by atoms with van der Waals surface area (Å²) in [5, 5.41) is 3.11. The number of thioether (sulfide) groups is 1. The molecule has 0 radical (unpaired) electrons. The van der Waals surface area contributed by atoms with Crippen LogP contribution in [0.1, 0.15) is 50.8 Å². The Labute approximate surface area is 158 Å². The highest BCUT2D eigenvalue weighted by Gasteiger charge is 2.52. The average molecular weight is 378 g/mol. The number of hydrogen-bond donors (Lipinski definition) is 1. The van der Waals surface area contributed by atoms with Crippen LogP contribution in [0, 0.1) is 0 Å². The lowest BCUT2D eigenvalue weighted by molar-refractivity contribution is -0.138. The van der Waals surface area contributed by atoms with Gasteiger partial charge >= 0.3 is 0 Å². The molecule has 0 aliphatic carbocycles. The predicted octanol–water partition coefficient (Wildman–Crippen LogP) is 2.38. The molecule has 3 aliphatic heterocycles. The van der Waals surface area contributed by atoms with Crippen molar-refractivity contribution < 1.29 is 14.0 Å². The van der Waals surface area contributed by atoms with E-state index in [0.717, 1.165) is 25.3 Å². The molecule has 3 fully saturated rings. The molecule has 0 saturated carbocycles. The normalized spacial score (nSPS) is 30.4. The molecule has 1 aromatic heterocycles. The van der Waals surface area contributed by atoms with Crippen LogP contribution >= 0.6 is 11.8 Å². The summed E-state index contributed by atoms with van der Waals surface area (Å²) >= 11 is 1.73. The van der Waals surface area contributed by atoms with Gasteiger partial charge in [-0.3, -0.25) is 14.5 Å². The Balaban J connectivity index is 1.42. The first-order valence-corrected chi connectivity index (χ1v) is 10.6. The smallest absolute Gasteiger partial charge is 0.243 e. The van der Waals surface area contributed by atoms with Crippen LogP contribution in [0.5, 0.6) is 0 Å². The molecule has 26 heavy (non-hydrogen) atoms. The number of hydrogen-bond acceptors (Lipinski definition) is 5. The molecular formula is C19H27N3O3S. The molecule has 0 spiro atoms. The van der Waals surface area contributed by atoms with Gasteiger partial charge < -0.3 is 14.6 Å². The largest absolute Gasteiger partial charge is 0.468 e. The molecule has 4 heterocycles. The molecule has 2 amide bonds. The lowest BCUT2D eigenvalue weighted by Gasteiger charge is -2.34. The molecule has 1 N–H and O–H groups in total. The summed E-state index contributed by atoms with van der Waals surface area (Å²) < 4.78 is 5.65. The molecule has 6 nitrogen and oxygen atoms in total. The first-order valence-electron chi connectivity index (χ1n) is 9.60. The fourth-order valence-electron chi connectivity index (χ4n) is 4.45. The second-order valence-electron chi connectivity index (χ2n) is 7.64. The Morgan fingerprint density at radius 2 is 2.23 bits per heavy atom. The van der Waals surface area contributed by atoms with Crippen LogP contribution in [0.15, 0.2) is 22.8 Å². The number of piperidine rings is 1. The topological polar surface area (TPSA) is 65.8 Å². The maximum absolute atomic E-state index is 12.9. The zero-order valence-corrected chi connectivity index (χ0v) is 16.1. The predicted molar refractivity (Wildman–Crippen MR) is 101 cm³/mol. The van der Waals surface area contributed by atoms with Crippen LogP contribution in [0.4, 0.5) is 0 Å². The lowest BCUT2D eigenvalue weighted by atomic mass is 10.1. The quantitative estimate of drug-likeness (QED) is 0.853. The van der Waals surface area contributed by atoms with Gasteiger partial charge in [-0.1, -0.05) is 6.42 Å². The molecule has 3 saturated heterocycles. The number of rotatable bonds is 5. The number of fused-ring (bicyclic) bond motifs is 1. The molecule has 0 aromatic carbocycles. The standard InChI is InChI=1S/C19H27N3O3S/c1-19-8-7-17(23)22(19)15(13-26-19)18(24)20-12-14(16-6-5-11-25-16)21-9-3-2-4-10-21/h5-6,11,14-15H,2-4,7-10,12-13H2,1H3,(H,20,24)/t14-,15-,19-/m0/s1. The molecule has 1 aromatic rings. The third-order valence-electron chi connectivity index (χ3n) is 5.92. The van der Waals surface area contributed by atoms with E-state index in [1.807, 2.05) is 17.0 Å². The maximum Gasteiger partial charge on any atom is 0.243 e. The van der Waals surface area contributed by atoms with E-state index < -0.39 is 0 Å². The van der Waals surface area contributed by atoms with E-state index in [9.17, 15) is 9.59 Å². The molecule has 4 rings (SSSR count). The summed E-state index contributed by atoms with van der Waals surface area (Å²) in [7, 11) is 0. The fourth-order valence-corrected chi connectivity index (χ4v) is 5.88. The highest BCUT2D eigenvalue weighted by atomic mass is 32.2. The average Bonchev–Trinajstić information content (AvgIpc) is 3.35. The van der Waals surface area contributed by atoms with E-state index in [1.165, 1.54) is 19.3 Å². The van der Waals surface area contributed by atoms with Crippen molar-refractivity contribution in [1.82, 2.24) is 15.1 Å². The third kappa shape index (κ3) is 3.27. The van der Waals surface area contributed by atoms with Crippen LogP contribution in [0.2, 0.25) is 0 Å². The minimum absolute atomic E-state index is 0.0370. The second-order valence-corrected chi connectivity index (χ2v) is 9.14. The summed E-state index contributed by atoms with van der Waals surface area (Å²) in [6.07, 6.45) is 6.72. The van der Waals surface area contributed by atoms with E-state index in [2.05, 4.69) is 17.1 Å².